The molecule has 0 bridgehead atoms. The zero-order valence-electron chi connectivity index (χ0n) is 14.5. The van der Waals surface area contributed by atoms with Gasteiger partial charge in [0.2, 0.25) is 5.91 Å². The number of nitrogens with zero attached hydrogens (tertiary/aromatic N) is 1. The van der Waals surface area contributed by atoms with Crippen LogP contribution in [0.3, 0.4) is 0 Å². The van der Waals surface area contributed by atoms with Gasteiger partial charge in [0.15, 0.2) is 0 Å². The van der Waals surface area contributed by atoms with Crippen molar-refractivity contribution in [3.8, 4) is 0 Å². The maximum Gasteiger partial charge on any atom is 0.224 e. The van der Waals surface area contributed by atoms with Gasteiger partial charge >= 0.3 is 0 Å². The minimum atomic E-state index is -0.294. The maximum atomic E-state index is 13.2. The Morgan fingerprint density at radius 3 is 2.65 bits per heavy atom. The Morgan fingerprint density at radius 2 is 2.04 bits per heavy atom. The van der Waals surface area contributed by atoms with E-state index in [0.29, 0.717) is 18.5 Å². The van der Waals surface area contributed by atoms with E-state index in [2.05, 4.69) is 31.0 Å². The van der Waals surface area contributed by atoms with E-state index in [-0.39, 0.29) is 18.1 Å². The lowest BCUT2D eigenvalue weighted by Crippen LogP contribution is -2.49. The van der Waals surface area contributed by atoms with Crippen molar-refractivity contribution in [1.29, 1.82) is 0 Å². The van der Waals surface area contributed by atoms with Crippen molar-refractivity contribution in [2.45, 2.75) is 46.1 Å². The van der Waals surface area contributed by atoms with Crippen molar-refractivity contribution in [3.05, 3.63) is 35.6 Å². The van der Waals surface area contributed by atoms with Crippen molar-refractivity contribution in [3.63, 3.8) is 0 Å². The van der Waals surface area contributed by atoms with Gasteiger partial charge in [-0.15, -0.1) is 0 Å². The first-order valence-corrected chi connectivity index (χ1v) is 8.71. The molecule has 4 heteroatoms. The molecule has 1 aliphatic heterocycles. The Bertz CT molecular complexity index is 510. The molecule has 128 valence electrons. The van der Waals surface area contributed by atoms with Crippen molar-refractivity contribution in [1.82, 2.24) is 10.2 Å². The highest BCUT2D eigenvalue weighted by Gasteiger charge is 2.25. The quantitative estimate of drug-likeness (QED) is 0.873. The first-order valence-electron chi connectivity index (χ1n) is 8.71. The highest BCUT2D eigenvalue weighted by atomic mass is 19.1. The predicted molar refractivity (Wildman–Crippen MR) is 91.7 cm³/mol. The molecule has 1 saturated heterocycles. The van der Waals surface area contributed by atoms with Crippen LogP contribution in [0.1, 0.15) is 39.2 Å². The highest BCUT2D eigenvalue weighted by Crippen LogP contribution is 2.21. The average Bonchev–Trinajstić information content (AvgIpc) is 2.49. The van der Waals surface area contributed by atoms with Crippen molar-refractivity contribution in [2.75, 3.05) is 19.6 Å². The molecule has 1 N–H and O–H groups in total. The zero-order valence-corrected chi connectivity index (χ0v) is 14.5. The van der Waals surface area contributed by atoms with E-state index in [1.54, 1.807) is 12.1 Å². The summed E-state index contributed by atoms with van der Waals surface area (Å²) in [7, 11) is 0. The summed E-state index contributed by atoms with van der Waals surface area (Å²) < 4.78 is 13.2. The molecule has 3 nitrogen and oxygen atoms in total. The lowest BCUT2D eigenvalue weighted by Gasteiger charge is -2.38. The van der Waals surface area contributed by atoms with Gasteiger partial charge in [-0.05, 0) is 55.5 Å². The number of nitrogens with one attached hydrogen (secondary N) is 1. The number of piperidine rings is 1. The lowest BCUT2D eigenvalue weighted by molar-refractivity contribution is -0.120. The third kappa shape index (κ3) is 5.61. The first-order chi connectivity index (χ1) is 11.0. The third-order valence-electron chi connectivity index (χ3n) is 4.82. The Labute approximate surface area is 139 Å². The minimum Gasteiger partial charge on any atom is -0.354 e. The Balaban J connectivity index is 1.84. The van der Waals surface area contributed by atoms with E-state index in [0.717, 1.165) is 24.6 Å². The summed E-state index contributed by atoms with van der Waals surface area (Å²) in [4.78, 5) is 14.6. The van der Waals surface area contributed by atoms with Crippen molar-refractivity contribution < 1.29 is 9.18 Å². The van der Waals surface area contributed by atoms with Crippen LogP contribution in [0.25, 0.3) is 0 Å². The molecule has 0 radical (unpaired) electrons. The second kappa shape index (κ2) is 8.44. The molecular weight excluding hydrogens is 291 g/mol. The maximum absolute atomic E-state index is 13.2. The Kier molecular flexibility index (Phi) is 6.58. The van der Waals surface area contributed by atoms with Gasteiger partial charge in [-0.25, -0.2) is 4.39 Å². The molecule has 1 atom stereocenters. The number of halogens is 1. The monoisotopic (exact) mass is 320 g/mol. The van der Waals surface area contributed by atoms with Gasteiger partial charge in [-0.3, -0.25) is 9.69 Å². The van der Waals surface area contributed by atoms with Crippen LogP contribution in [-0.2, 0) is 11.2 Å². The van der Waals surface area contributed by atoms with Crippen molar-refractivity contribution in [2.24, 2.45) is 11.8 Å². The molecule has 1 amide bonds. The predicted octanol–water partition coefficient (Wildman–Crippen LogP) is 3.24. The largest absolute Gasteiger partial charge is 0.354 e. The van der Waals surface area contributed by atoms with Crippen LogP contribution in [0, 0.1) is 17.7 Å². The molecule has 0 aromatic heterocycles. The Hall–Kier alpha value is -1.42. The summed E-state index contributed by atoms with van der Waals surface area (Å²) in [5.41, 5.74) is 0.718. The van der Waals surface area contributed by atoms with E-state index < -0.39 is 0 Å². The van der Waals surface area contributed by atoms with E-state index in [4.69, 9.17) is 0 Å². The van der Waals surface area contributed by atoms with Gasteiger partial charge in [0.25, 0.3) is 0 Å². The van der Waals surface area contributed by atoms with Crippen LogP contribution < -0.4 is 5.32 Å². The summed E-state index contributed by atoms with van der Waals surface area (Å²) in [6.45, 7) is 9.62. The molecule has 0 aliphatic carbocycles. The second-order valence-electron chi connectivity index (χ2n) is 7.14. The van der Waals surface area contributed by atoms with E-state index in [1.807, 2.05) is 0 Å². The van der Waals surface area contributed by atoms with E-state index in [9.17, 15) is 9.18 Å². The summed E-state index contributed by atoms with van der Waals surface area (Å²) in [5.74, 6) is 0.976. The number of benzene rings is 1. The van der Waals surface area contributed by atoms with Gasteiger partial charge in [0, 0.05) is 12.6 Å². The van der Waals surface area contributed by atoms with Crippen LogP contribution in [0.15, 0.2) is 24.3 Å². The number of carbonyl (C=O) groups is 1. The molecule has 0 spiro atoms. The fourth-order valence-corrected chi connectivity index (χ4v) is 3.26. The smallest absolute Gasteiger partial charge is 0.224 e. The summed E-state index contributed by atoms with van der Waals surface area (Å²) in [6, 6.07) is 6.62. The highest BCUT2D eigenvalue weighted by molar-refractivity contribution is 5.78. The average molecular weight is 320 g/mol. The van der Waals surface area contributed by atoms with Crippen LogP contribution in [-0.4, -0.2) is 36.5 Å². The molecule has 1 aliphatic rings. The molecule has 1 aromatic rings. The first kappa shape index (κ1) is 17.9. The number of hydrogen-bond donors (Lipinski definition) is 1. The van der Waals surface area contributed by atoms with Crippen LogP contribution in [0.5, 0.6) is 0 Å². The topological polar surface area (TPSA) is 32.3 Å². The van der Waals surface area contributed by atoms with Gasteiger partial charge in [0.1, 0.15) is 5.82 Å². The van der Waals surface area contributed by atoms with Crippen LogP contribution in [0.2, 0.25) is 0 Å². The van der Waals surface area contributed by atoms with Gasteiger partial charge in [0.05, 0.1) is 6.42 Å². The Morgan fingerprint density at radius 1 is 1.35 bits per heavy atom. The standard InChI is InChI=1S/C19H29FN2O/c1-14(2)18(22-9-7-15(3)8-10-22)13-21-19(23)12-16-5-4-6-17(20)11-16/h4-6,11,14-15,18H,7-10,12-13H2,1-3H3,(H,21,23)/t18-/m0/s1. The second-order valence-corrected chi connectivity index (χ2v) is 7.14. The number of amides is 1. The van der Waals surface area contributed by atoms with Crippen molar-refractivity contribution >= 4 is 5.91 Å². The van der Waals surface area contributed by atoms with Gasteiger partial charge in [-0.1, -0.05) is 32.9 Å². The molecule has 1 fully saturated rings. The minimum absolute atomic E-state index is 0.0355. The fourth-order valence-electron chi connectivity index (χ4n) is 3.26. The molecular formula is C19H29FN2O. The molecule has 0 unspecified atom stereocenters. The summed E-state index contributed by atoms with van der Waals surface area (Å²) >= 11 is 0. The van der Waals surface area contributed by atoms with Crippen LogP contribution in [0.4, 0.5) is 4.39 Å². The lowest BCUT2D eigenvalue weighted by atomic mass is 9.94. The van der Waals surface area contributed by atoms with Gasteiger partial charge in [-0.2, -0.15) is 0 Å². The SMILES string of the molecule is CC1CCN([C@@H](CNC(=O)Cc2cccc(F)c2)C(C)C)CC1. The van der Waals surface area contributed by atoms with Gasteiger partial charge < -0.3 is 5.32 Å². The number of rotatable bonds is 6. The molecule has 2 rings (SSSR count). The molecule has 0 saturated carbocycles. The summed E-state index contributed by atoms with van der Waals surface area (Å²) in [6.07, 6.45) is 2.71. The number of carbonyl (C=O) groups excluding carboxylic acids is 1. The number of hydrogen-bond acceptors (Lipinski definition) is 2. The fraction of sp³-hybridized carbons (Fsp3) is 0.632. The number of likely N-dealkylation sites (tertiary alicyclic amines) is 1. The molecule has 23 heavy (non-hydrogen) atoms. The molecule has 1 heterocycles. The zero-order chi connectivity index (χ0) is 16.8. The third-order valence-corrected chi connectivity index (χ3v) is 4.82. The normalized spacial score (nSPS) is 18.1. The molecule has 1 aromatic carbocycles. The summed E-state index contributed by atoms with van der Waals surface area (Å²) in [5, 5.41) is 3.04. The van der Waals surface area contributed by atoms with Crippen LogP contribution >= 0.6 is 0 Å². The van der Waals surface area contributed by atoms with E-state index in [1.165, 1.54) is 25.0 Å². The van der Waals surface area contributed by atoms with E-state index >= 15 is 0 Å².